The van der Waals surface area contributed by atoms with E-state index in [4.69, 9.17) is 4.74 Å². The average Bonchev–Trinajstić information content (AvgIpc) is 3.42. The lowest BCUT2D eigenvalue weighted by Crippen LogP contribution is -2.49. The van der Waals surface area contributed by atoms with E-state index < -0.39 is 6.43 Å². The summed E-state index contributed by atoms with van der Waals surface area (Å²) in [4.78, 5) is 15.3. The summed E-state index contributed by atoms with van der Waals surface area (Å²) in [5.74, 6) is 0.793. The van der Waals surface area contributed by atoms with Gasteiger partial charge in [0, 0.05) is 41.4 Å². The predicted octanol–water partition coefficient (Wildman–Crippen LogP) is 5.28. The molecule has 2 aliphatic heterocycles. The number of hydrogen-bond donors (Lipinski definition) is 1. The number of hydrogen-bond acceptors (Lipinski definition) is 5. The van der Waals surface area contributed by atoms with E-state index in [1.165, 1.54) is 6.42 Å². The average molecular weight is 522 g/mol. The van der Waals surface area contributed by atoms with Crippen LogP contribution in [0.15, 0.2) is 42.7 Å². The van der Waals surface area contributed by atoms with Crippen LogP contribution in [0.25, 0.3) is 0 Å². The molecule has 1 aromatic heterocycles. The van der Waals surface area contributed by atoms with E-state index in [1.807, 2.05) is 42.8 Å². The van der Waals surface area contributed by atoms with Crippen molar-refractivity contribution < 1.29 is 18.3 Å². The molecule has 0 radical (unpaired) electrons. The van der Waals surface area contributed by atoms with Gasteiger partial charge in [-0.1, -0.05) is 12.1 Å². The Hall–Kier alpha value is -3.17. The number of amides is 1. The number of rotatable bonds is 8. The fraction of sp³-hybridized carbons (Fsp3) is 0.483. The fourth-order valence-electron chi connectivity index (χ4n) is 6.11. The minimum Gasteiger partial charge on any atom is -0.381 e. The van der Waals surface area contributed by atoms with Crippen LogP contribution < -0.4 is 10.2 Å². The van der Waals surface area contributed by atoms with Gasteiger partial charge in [0.2, 0.25) is 0 Å². The zero-order chi connectivity index (χ0) is 26.6. The molecule has 0 spiro atoms. The van der Waals surface area contributed by atoms with Crippen molar-refractivity contribution in [3.8, 4) is 0 Å². The second kappa shape index (κ2) is 9.54. The first kappa shape index (κ1) is 25.1. The lowest BCUT2D eigenvalue weighted by Gasteiger charge is -2.42. The van der Waals surface area contributed by atoms with Crippen molar-refractivity contribution in [1.29, 1.82) is 0 Å². The number of ether oxygens (including phenoxy) is 1. The van der Waals surface area contributed by atoms with Crippen LogP contribution in [-0.4, -0.2) is 39.4 Å². The van der Waals surface area contributed by atoms with E-state index in [-0.39, 0.29) is 41.4 Å². The van der Waals surface area contributed by atoms with Gasteiger partial charge >= 0.3 is 0 Å². The topological polar surface area (TPSA) is 72.3 Å². The maximum Gasteiger partial charge on any atom is 0.264 e. The van der Waals surface area contributed by atoms with Crippen LogP contribution in [-0.2, 0) is 18.3 Å². The van der Waals surface area contributed by atoms with Crippen molar-refractivity contribution >= 4 is 11.6 Å². The largest absolute Gasteiger partial charge is 0.381 e. The lowest BCUT2D eigenvalue weighted by molar-refractivity contribution is -0.0407. The summed E-state index contributed by atoms with van der Waals surface area (Å²) in [5, 5.41) is 12.0. The van der Waals surface area contributed by atoms with Crippen LogP contribution in [0.3, 0.4) is 0 Å². The highest BCUT2D eigenvalue weighted by Gasteiger charge is 2.38. The van der Waals surface area contributed by atoms with Crippen molar-refractivity contribution in [3.63, 3.8) is 0 Å². The molecule has 200 valence electrons. The van der Waals surface area contributed by atoms with Gasteiger partial charge in [0.25, 0.3) is 12.3 Å². The van der Waals surface area contributed by atoms with Crippen LogP contribution in [0.4, 0.5) is 14.5 Å². The Morgan fingerprint density at radius 3 is 2.55 bits per heavy atom. The minimum absolute atomic E-state index is 0.0185. The minimum atomic E-state index is -2.66. The first-order valence-corrected chi connectivity index (χ1v) is 13.3. The number of nitrogens with one attached hydrogen (secondary N) is 1. The van der Waals surface area contributed by atoms with Gasteiger partial charge in [-0.25, -0.2) is 8.78 Å². The quantitative estimate of drug-likeness (QED) is 0.437. The van der Waals surface area contributed by atoms with Gasteiger partial charge in [0.1, 0.15) is 12.2 Å². The summed E-state index contributed by atoms with van der Waals surface area (Å²) in [5.41, 5.74) is 3.16. The van der Waals surface area contributed by atoms with E-state index in [0.29, 0.717) is 30.0 Å². The third-order valence-electron chi connectivity index (χ3n) is 8.56. The van der Waals surface area contributed by atoms with Gasteiger partial charge in [-0.05, 0) is 74.1 Å². The number of alkyl halides is 2. The molecule has 0 bridgehead atoms. The van der Waals surface area contributed by atoms with E-state index in [0.717, 1.165) is 29.8 Å². The summed E-state index contributed by atoms with van der Waals surface area (Å²) in [6, 6.07) is 11.0. The molecule has 3 aromatic rings. The highest BCUT2D eigenvalue weighted by atomic mass is 19.3. The summed E-state index contributed by atoms with van der Waals surface area (Å²) in [6.45, 7) is 5.53. The summed E-state index contributed by atoms with van der Waals surface area (Å²) in [7, 11) is 1.91. The van der Waals surface area contributed by atoms with Crippen LogP contribution >= 0.6 is 0 Å². The van der Waals surface area contributed by atoms with E-state index in [2.05, 4.69) is 22.4 Å². The number of benzene rings is 2. The predicted molar refractivity (Wildman–Crippen MR) is 139 cm³/mol. The molecular formula is C29H33F2N5O2. The molecule has 6 rings (SSSR count). The highest BCUT2D eigenvalue weighted by Crippen LogP contribution is 2.41. The van der Waals surface area contributed by atoms with Crippen LogP contribution in [0.2, 0.25) is 0 Å². The summed E-state index contributed by atoms with van der Waals surface area (Å²) >= 11 is 0. The Morgan fingerprint density at radius 1 is 1.16 bits per heavy atom. The molecule has 2 aromatic carbocycles. The van der Waals surface area contributed by atoms with Gasteiger partial charge in [0.15, 0.2) is 0 Å². The second-order valence-electron chi connectivity index (χ2n) is 11.3. The van der Waals surface area contributed by atoms with Crippen LogP contribution in [0.1, 0.15) is 89.9 Å². The first-order valence-electron chi connectivity index (χ1n) is 13.3. The smallest absolute Gasteiger partial charge is 0.264 e. The number of fused-ring (bicyclic) bond motifs is 1. The molecule has 38 heavy (non-hydrogen) atoms. The standard InChI is InChI=1S/C29H33F2N5O2/c1-17(33-29(2)8-5-9-29)19-11-22(26(30)31)24-13-36(28(37)23(24)12-19)21-7-4-6-18(10-21)25(20-14-38-15-20)27-34-32-16-35(27)3/h4,6-7,10-12,16-17,20,25-26,33H,5,8-9,13-15H2,1-3H3/t17-,25-/m1/s1. The fourth-order valence-corrected chi connectivity index (χ4v) is 6.11. The van der Waals surface area contributed by atoms with Crippen molar-refractivity contribution in [3.05, 3.63) is 76.4 Å². The molecule has 0 unspecified atom stereocenters. The molecule has 3 heterocycles. The highest BCUT2D eigenvalue weighted by molar-refractivity contribution is 6.10. The number of aromatic nitrogens is 3. The number of carbonyl (C=O) groups excluding carboxylic acids is 1. The number of aryl methyl sites for hydroxylation is 1. The SMILES string of the molecule is C[C@@H](NC1(C)CCC1)c1cc2c(c(C(F)F)c1)CN(c1cccc([C@@H](c3nncn3C)C3COC3)c1)C2=O. The molecule has 3 aliphatic rings. The monoisotopic (exact) mass is 521 g/mol. The second-order valence-corrected chi connectivity index (χ2v) is 11.3. The molecule has 2 fully saturated rings. The molecule has 1 saturated heterocycles. The van der Waals surface area contributed by atoms with Crippen molar-refractivity contribution in [2.45, 2.75) is 63.6 Å². The maximum atomic E-state index is 14.3. The molecule has 2 atom stereocenters. The molecule has 1 saturated carbocycles. The van der Waals surface area contributed by atoms with E-state index in [9.17, 15) is 13.6 Å². The molecule has 1 amide bonds. The van der Waals surface area contributed by atoms with Crippen LogP contribution in [0.5, 0.6) is 0 Å². The Morgan fingerprint density at radius 2 is 1.95 bits per heavy atom. The molecule has 1 N–H and O–H groups in total. The summed E-state index contributed by atoms with van der Waals surface area (Å²) < 4.78 is 35.9. The lowest BCUT2D eigenvalue weighted by atomic mass is 9.77. The van der Waals surface area contributed by atoms with Crippen molar-refractivity contribution in [2.75, 3.05) is 18.1 Å². The van der Waals surface area contributed by atoms with Gasteiger partial charge in [-0.2, -0.15) is 0 Å². The van der Waals surface area contributed by atoms with Crippen molar-refractivity contribution in [1.82, 2.24) is 20.1 Å². The Kier molecular flexibility index (Phi) is 6.31. The molecule has 1 aliphatic carbocycles. The van der Waals surface area contributed by atoms with Gasteiger partial charge in [0.05, 0.1) is 25.7 Å². The first-order chi connectivity index (χ1) is 18.2. The molecular weight excluding hydrogens is 488 g/mol. The van der Waals surface area contributed by atoms with E-state index in [1.54, 1.807) is 23.4 Å². The third kappa shape index (κ3) is 4.31. The van der Waals surface area contributed by atoms with E-state index >= 15 is 0 Å². The maximum absolute atomic E-state index is 14.3. The third-order valence-corrected chi connectivity index (χ3v) is 8.56. The Balaban J connectivity index is 1.33. The Bertz CT molecular complexity index is 1360. The van der Waals surface area contributed by atoms with Crippen LogP contribution in [0, 0.1) is 5.92 Å². The van der Waals surface area contributed by atoms with Gasteiger partial charge < -0.3 is 19.5 Å². The number of halogens is 2. The van der Waals surface area contributed by atoms with Crippen molar-refractivity contribution in [2.24, 2.45) is 13.0 Å². The zero-order valence-electron chi connectivity index (χ0n) is 22.0. The normalized spacial score (nSPS) is 20.3. The number of nitrogens with zero attached hydrogens (tertiary/aromatic N) is 4. The molecule has 9 heteroatoms. The Labute approximate surface area is 221 Å². The molecule has 7 nitrogen and oxygen atoms in total. The zero-order valence-corrected chi connectivity index (χ0v) is 22.0. The van der Waals surface area contributed by atoms with Gasteiger partial charge in [-0.15, -0.1) is 10.2 Å². The number of carbonyl (C=O) groups is 1. The van der Waals surface area contributed by atoms with Gasteiger partial charge in [-0.3, -0.25) is 4.79 Å². The number of anilines is 1. The summed E-state index contributed by atoms with van der Waals surface area (Å²) in [6.07, 6.45) is 2.32.